The second-order valence-corrected chi connectivity index (χ2v) is 7.03. The lowest BCUT2D eigenvalue weighted by atomic mass is 10.2. The number of allylic oxidation sites excluding steroid dienone is 1. The minimum atomic E-state index is -0.455. The van der Waals surface area contributed by atoms with Gasteiger partial charge in [0, 0.05) is 44.6 Å². The van der Waals surface area contributed by atoms with E-state index in [1.165, 1.54) is 0 Å². The fourth-order valence-corrected chi connectivity index (χ4v) is 2.63. The molecule has 0 aromatic rings. The maximum atomic E-state index is 12.1. The topological polar surface area (TPSA) is 53.1 Å². The Hall–Kier alpha value is -1.98. The van der Waals surface area contributed by atoms with Gasteiger partial charge in [0.2, 0.25) is 0 Å². The lowest BCUT2D eigenvalue weighted by Crippen LogP contribution is -2.49. The molecule has 0 aromatic heterocycles. The molecule has 0 atom stereocenters. The summed E-state index contributed by atoms with van der Waals surface area (Å²) in [7, 11) is 0. The van der Waals surface area contributed by atoms with Crippen LogP contribution in [0.1, 0.15) is 27.7 Å². The van der Waals surface area contributed by atoms with Crippen molar-refractivity contribution in [2.45, 2.75) is 33.3 Å². The Labute approximate surface area is 138 Å². The molecule has 0 unspecified atom stereocenters. The highest BCUT2D eigenvalue weighted by Crippen LogP contribution is 2.17. The van der Waals surface area contributed by atoms with Crippen molar-refractivity contribution >= 4 is 11.9 Å². The first-order chi connectivity index (χ1) is 10.7. The van der Waals surface area contributed by atoms with E-state index in [4.69, 9.17) is 4.74 Å². The van der Waals surface area contributed by atoms with E-state index in [0.29, 0.717) is 19.6 Å². The zero-order valence-electron chi connectivity index (χ0n) is 14.5. The molecule has 6 heteroatoms. The van der Waals surface area contributed by atoms with Gasteiger partial charge in [0.1, 0.15) is 11.4 Å². The van der Waals surface area contributed by atoms with Gasteiger partial charge in [0.25, 0.3) is 0 Å². The third-order valence-electron chi connectivity index (χ3n) is 3.71. The molecular formula is C17H27N3O3. The van der Waals surface area contributed by atoms with E-state index in [1.54, 1.807) is 11.8 Å². The second kappa shape index (κ2) is 7.06. The molecule has 0 spiro atoms. The summed E-state index contributed by atoms with van der Waals surface area (Å²) in [5, 5.41) is 0. The molecular weight excluding hydrogens is 294 g/mol. The van der Waals surface area contributed by atoms with Gasteiger partial charge in [0.15, 0.2) is 0 Å². The normalized spacial score (nSPS) is 18.8. The molecule has 1 saturated heterocycles. The maximum absolute atomic E-state index is 12.1. The summed E-state index contributed by atoms with van der Waals surface area (Å²) >= 11 is 0. The molecule has 2 rings (SSSR count). The average Bonchev–Trinajstić information content (AvgIpc) is 2.46. The monoisotopic (exact) mass is 321 g/mol. The Morgan fingerprint density at radius 1 is 1.17 bits per heavy atom. The van der Waals surface area contributed by atoms with E-state index in [-0.39, 0.29) is 11.9 Å². The van der Waals surface area contributed by atoms with E-state index in [0.717, 1.165) is 25.3 Å². The predicted octanol–water partition coefficient (Wildman–Crippen LogP) is 1.84. The van der Waals surface area contributed by atoms with E-state index >= 15 is 0 Å². The van der Waals surface area contributed by atoms with Crippen molar-refractivity contribution in [3.63, 3.8) is 0 Å². The highest BCUT2D eigenvalue weighted by atomic mass is 16.6. The predicted molar refractivity (Wildman–Crippen MR) is 88.9 cm³/mol. The number of ether oxygens (including phenoxy) is 1. The molecule has 1 fully saturated rings. The Kier molecular flexibility index (Phi) is 5.34. The maximum Gasteiger partial charge on any atom is 0.410 e. The summed E-state index contributed by atoms with van der Waals surface area (Å²) in [6.07, 6.45) is 5.90. The number of hydrogen-bond acceptors (Lipinski definition) is 5. The number of hydrogen-bond donors (Lipinski definition) is 0. The van der Waals surface area contributed by atoms with Crippen LogP contribution in [0.3, 0.4) is 0 Å². The number of carbonyl (C=O) groups excluding carboxylic acids is 2. The standard InChI is InChI=1S/C17H27N3O3/c1-14(21)13-18-7-5-15(6-8-18)19-9-11-20(12-10-19)16(22)23-17(2,3)4/h5-7H,8-13H2,1-4H3. The zero-order chi connectivity index (χ0) is 17.0. The van der Waals surface area contributed by atoms with Crippen molar-refractivity contribution in [1.29, 1.82) is 0 Å². The third kappa shape index (κ3) is 5.30. The summed E-state index contributed by atoms with van der Waals surface area (Å²) in [5.74, 6) is 0.164. The Morgan fingerprint density at radius 2 is 1.83 bits per heavy atom. The smallest absolute Gasteiger partial charge is 0.410 e. The lowest BCUT2D eigenvalue weighted by molar-refractivity contribution is -0.117. The van der Waals surface area contributed by atoms with Gasteiger partial charge in [-0.05, 0) is 39.8 Å². The molecule has 0 radical (unpaired) electrons. The van der Waals surface area contributed by atoms with Gasteiger partial charge in [-0.3, -0.25) is 4.79 Å². The van der Waals surface area contributed by atoms with E-state index in [9.17, 15) is 9.59 Å². The Bertz CT molecular complexity index is 512. The van der Waals surface area contributed by atoms with E-state index in [1.807, 2.05) is 37.9 Å². The van der Waals surface area contributed by atoms with Crippen molar-refractivity contribution in [2.24, 2.45) is 0 Å². The Balaban J connectivity index is 1.81. The number of ketones is 1. The van der Waals surface area contributed by atoms with Crippen LogP contribution >= 0.6 is 0 Å². The largest absolute Gasteiger partial charge is 0.444 e. The highest BCUT2D eigenvalue weighted by Gasteiger charge is 2.26. The number of nitrogens with zero attached hydrogens (tertiary/aromatic N) is 3. The summed E-state index contributed by atoms with van der Waals surface area (Å²) in [5.41, 5.74) is 0.705. The van der Waals surface area contributed by atoms with Crippen LogP contribution in [-0.2, 0) is 9.53 Å². The summed E-state index contributed by atoms with van der Waals surface area (Å²) in [6.45, 7) is 11.4. The number of piperazine rings is 1. The number of rotatable bonds is 3. The van der Waals surface area contributed by atoms with Crippen molar-refractivity contribution in [3.8, 4) is 0 Å². The zero-order valence-corrected chi connectivity index (χ0v) is 14.5. The molecule has 0 aromatic carbocycles. The number of carbonyl (C=O) groups is 2. The second-order valence-electron chi connectivity index (χ2n) is 7.03. The highest BCUT2D eigenvalue weighted by molar-refractivity contribution is 5.77. The third-order valence-corrected chi connectivity index (χ3v) is 3.71. The molecule has 2 aliphatic heterocycles. The first-order valence-electron chi connectivity index (χ1n) is 8.09. The Morgan fingerprint density at radius 3 is 2.30 bits per heavy atom. The molecule has 2 aliphatic rings. The number of amides is 1. The molecule has 128 valence electrons. The molecule has 0 saturated carbocycles. The van der Waals surface area contributed by atoms with Crippen LogP contribution in [0.2, 0.25) is 0 Å². The van der Waals surface area contributed by atoms with Crippen LogP contribution in [-0.4, -0.2) is 71.4 Å². The van der Waals surface area contributed by atoms with Gasteiger partial charge in [0.05, 0.1) is 6.54 Å². The molecule has 0 bridgehead atoms. The lowest BCUT2D eigenvalue weighted by Gasteiger charge is -2.38. The summed E-state index contributed by atoms with van der Waals surface area (Å²) < 4.78 is 5.41. The van der Waals surface area contributed by atoms with Crippen LogP contribution in [0.15, 0.2) is 24.0 Å². The first kappa shape index (κ1) is 17.4. The van der Waals surface area contributed by atoms with Gasteiger partial charge in [-0.15, -0.1) is 0 Å². The minimum absolute atomic E-state index is 0.164. The fourth-order valence-electron chi connectivity index (χ4n) is 2.63. The minimum Gasteiger partial charge on any atom is -0.444 e. The van der Waals surface area contributed by atoms with Crippen molar-refractivity contribution < 1.29 is 14.3 Å². The van der Waals surface area contributed by atoms with Crippen LogP contribution < -0.4 is 0 Å². The van der Waals surface area contributed by atoms with Crippen molar-refractivity contribution in [1.82, 2.24) is 14.7 Å². The molecule has 23 heavy (non-hydrogen) atoms. The van der Waals surface area contributed by atoms with Gasteiger partial charge < -0.3 is 19.4 Å². The van der Waals surface area contributed by atoms with Crippen LogP contribution in [0, 0.1) is 0 Å². The van der Waals surface area contributed by atoms with E-state index < -0.39 is 5.60 Å². The average molecular weight is 321 g/mol. The quantitative estimate of drug-likeness (QED) is 0.794. The van der Waals surface area contributed by atoms with Crippen LogP contribution in [0.5, 0.6) is 0 Å². The fraction of sp³-hybridized carbons (Fsp3) is 0.647. The molecule has 2 heterocycles. The van der Waals surface area contributed by atoms with Crippen LogP contribution in [0.25, 0.3) is 0 Å². The summed E-state index contributed by atoms with van der Waals surface area (Å²) in [4.78, 5) is 29.2. The van der Waals surface area contributed by atoms with Crippen LogP contribution in [0.4, 0.5) is 4.79 Å². The molecule has 6 nitrogen and oxygen atoms in total. The summed E-state index contributed by atoms with van der Waals surface area (Å²) in [6, 6.07) is 0. The van der Waals surface area contributed by atoms with Crippen molar-refractivity contribution in [3.05, 3.63) is 24.0 Å². The number of Topliss-reactive ketones (excluding diaryl/α,β-unsaturated/α-hetero) is 1. The van der Waals surface area contributed by atoms with Gasteiger partial charge >= 0.3 is 6.09 Å². The van der Waals surface area contributed by atoms with Gasteiger partial charge in [-0.25, -0.2) is 4.79 Å². The molecule has 0 N–H and O–H groups in total. The van der Waals surface area contributed by atoms with Gasteiger partial charge in [-0.2, -0.15) is 0 Å². The van der Waals surface area contributed by atoms with E-state index in [2.05, 4.69) is 11.0 Å². The first-order valence-corrected chi connectivity index (χ1v) is 8.09. The molecule has 0 aliphatic carbocycles. The van der Waals surface area contributed by atoms with Crippen molar-refractivity contribution in [2.75, 3.05) is 39.3 Å². The van der Waals surface area contributed by atoms with Gasteiger partial charge in [-0.1, -0.05) is 0 Å². The molecule has 1 amide bonds. The SMILES string of the molecule is CC(=O)CN1C=CC(N2CCN(C(=O)OC(C)(C)C)CC2)=CC1.